The van der Waals surface area contributed by atoms with E-state index in [0.29, 0.717) is 28.6 Å². The molecule has 2 aliphatic rings. The van der Waals surface area contributed by atoms with Gasteiger partial charge < -0.3 is 19.7 Å². The van der Waals surface area contributed by atoms with Crippen LogP contribution in [0.2, 0.25) is 5.02 Å². The molecule has 0 amide bonds. The Bertz CT molecular complexity index is 1220. The summed E-state index contributed by atoms with van der Waals surface area (Å²) in [5.41, 5.74) is 3.70. The molecule has 0 radical (unpaired) electrons. The van der Waals surface area contributed by atoms with Crippen LogP contribution in [-0.4, -0.2) is 25.6 Å². The maximum absolute atomic E-state index is 13.0. The summed E-state index contributed by atoms with van der Waals surface area (Å²) in [6.45, 7) is 8.73. The minimum atomic E-state index is -1.09. The van der Waals surface area contributed by atoms with E-state index in [-0.39, 0.29) is 5.97 Å². The molecule has 0 fully saturated rings. The molecule has 3 aromatic carbocycles. The van der Waals surface area contributed by atoms with Gasteiger partial charge in [-0.15, -0.1) is 0 Å². The number of anilines is 2. The third-order valence-corrected chi connectivity index (χ3v) is 6.59. The lowest BCUT2D eigenvalue weighted by molar-refractivity contribution is 0.0224. The van der Waals surface area contributed by atoms with Crippen LogP contribution in [0.4, 0.5) is 11.4 Å². The molecule has 0 aromatic heterocycles. The Labute approximate surface area is 192 Å². The van der Waals surface area contributed by atoms with Crippen molar-refractivity contribution in [3.63, 3.8) is 0 Å². The highest BCUT2D eigenvalue weighted by Crippen LogP contribution is 2.57. The van der Waals surface area contributed by atoms with Gasteiger partial charge in [0.25, 0.3) is 0 Å². The zero-order chi connectivity index (χ0) is 22.5. The molecule has 1 N–H and O–H groups in total. The van der Waals surface area contributed by atoms with E-state index in [2.05, 4.69) is 30.1 Å². The minimum Gasteiger partial charge on any atom is -0.456 e. The first kappa shape index (κ1) is 20.7. The van der Waals surface area contributed by atoms with Gasteiger partial charge in [-0.25, -0.2) is 4.79 Å². The van der Waals surface area contributed by atoms with Crippen molar-refractivity contribution in [2.45, 2.75) is 26.4 Å². The molecule has 0 bridgehead atoms. The third-order valence-electron chi connectivity index (χ3n) is 6.28. The summed E-state index contributed by atoms with van der Waals surface area (Å²) >= 11 is 6.56. The first-order valence-electron chi connectivity index (χ1n) is 11.0. The van der Waals surface area contributed by atoms with Crippen LogP contribution in [-0.2, 0) is 10.3 Å². The summed E-state index contributed by atoms with van der Waals surface area (Å²) in [6.07, 6.45) is 0. The topological polar surface area (TPSA) is 50.8 Å². The highest BCUT2D eigenvalue weighted by molar-refractivity contribution is 6.33. The smallest absolute Gasteiger partial charge is 0.340 e. The average molecular weight is 449 g/mol. The monoisotopic (exact) mass is 448 g/mol. The summed E-state index contributed by atoms with van der Waals surface area (Å²) < 4.78 is 12.6. The van der Waals surface area contributed by atoms with Gasteiger partial charge in [0.2, 0.25) is 0 Å². The molecule has 2 aliphatic heterocycles. The molecule has 0 saturated carbocycles. The number of nitrogens with one attached hydrogen (secondary N) is 1. The summed E-state index contributed by atoms with van der Waals surface area (Å²) in [5.74, 6) is 0.913. The highest BCUT2D eigenvalue weighted by Gasteiger charge is 2.53. The second kappa shape index (κ2) is 7.75. The molecule has 6 heteroatoms. The Morgan fingerprint density at radius 3 is 2.44 bits per heavy atom. The molecule has 1 spiro atoms. The summed E-state index contributed by atoms with van der Waals surface area (Å²) in [5, 5.41) is 3.85. The lowest BCUT2D eigenvalue weighted by atomic mass is 9.77. The molecular formula is C26H25ClN2O3. The normalized spacial score (nSPS) is 17.8. The van der Waals surface area contributed by atoms with E-state index >= 15 is 0 Å². The van der Waals surface area contributed by atoms with E-state index in [4.69, 9.17) is 21.1 Å². The van der Waals surface area contributed by atoms with Gasteiger partial charge in [-0.05, 0) is 45.0 Å². The van der Waals surface area contributed by atoms with E-state index in [0.717, 1.165) is 41.2 Å². The van der Waals surface area contributed by atoms with Gasteiger partial charge in [0, 0.05) is 54.1 Å². The molecule has 0 saturated heterocycles. The molecule has 0 aliphatic carbocycles. The van der Waals surface area contributed by atoms with E-state index in [1.807, 2.05) is 49.4 Å². The molecule has 2 heterocycles. The second-order valence-electron chi connectivity index (χ2n) is 7.93. The minimum absolute atomic E-state index is 0.341. The molecular weight excluding hydrogens is 424 g/mol. The fraction of sp³-hybridized carbons (Fsp3) is 0.269. The largest absolute Gasteiger partial charge is 0.456 e. The lowest BCUT2D eigenvalue weighted by Crippen LogP contribution is -2.33. The summed E-state index contributed by atoms with van der Waals surface area (Å²) in [7, 11) is 0. The van der Waals surface area contributed by atoms with Crippen molar-refractivity contribution < 1.29 is 14.3 Å². The molecule has 5 rings (SSSR count). The fourth-order valence-corrected chi connectivity index (χ4v) is 5.01. The van der Waals surface area contributed by atoms with Gasteiger partial charge in [0.1, 0.15) is 11.5 Å². The molecule has 5 nitrogen and oxygen atoms in total. The molecule has 1 atom stereocenters. The van der Waals surface area contributed by atoms with Crippen molar-refractivity contribution in [1.82, 2.24) is 0 Å². The Hall–Kier alpha value is -3.18. The van der Waals surface area contributed by atoms with Gasteiger partial charge in [-0.1, -0.05) is 29.8 Å². The van der Waals surface area contributed by atoms with Gasteiger partial charge in [-0.2, -0.15) is 0 Å². The van der Waals surface area contributed by atoms with Crippen molar-refractivity contribution in [2.75, 3.05) is 29.9 Å². The number of carbonyl (C=O) groups is 1. The van der Waals surface area contributed by atoms with Gasteiger partial charge in [-0.3, -0.25) is 0 Å². The average Bonchev–Trinajstić information content (AvgIpc) is 3.09. The quantitative estimate of drug-likeness (QED) is 0.472. The van der Waals surface area contributed by atoms with Crippen molar-refractivity contribution >= 4 is 28.9 Å². The van der Waals surface area contributed by atoms with Crippen LogP contribution in [0.25, 0.3) is 0 Å². The van der Waals surface area contributed by atoms with Crippen molar-refractivity contribution in [3.05, 3.63) is 81.9 Å². The number of esters is 1. The van der Waals surface area contributed by atoms with E-state index in [9.17, 15) is 4.79 Å². The Morgan fingerprint density at radius 1 is 0.938 bits per heavy atom. The number of hydrogen-bond donors (Lipinski definition) is 1. The van der Waals surface area contributed by atoms with Gasteiger partial charge in [0.15, 0.2) is 5.60 Å². The van der Waals surface area contributed by atoms with Crippen molar-refractivity contribution in [2.24, 2.45) is 0 Å². The van der Waals surface area contributed by atoms with Crippen molar-refractivity contribution in [3.8, 4) is 11.5 Å². The Kier molecular flexibility index (Phi) is 5.01. The standard InChI is InChI=1S/C26H25ClN2O3/c1-4-28-22-14-20-24(15-21(22)27)31-23-13-16(29(5-2)6-3)11-12-19(23)26(20)18-10-8-7-9-17(18)25(30)32-26/h7-15,28H,4-6H2,1-3H3. The van der Waals surface area contributed by atoms with Gasteiger partial charge in [0.05, 0.1) is 16.3 Å². The predicted octanol–water partition coefficient (Wildman–Crippen LogP) is 6.19. The molecule has 164 valence electrons. The summed E-state index contributed by atoms with van der Waals surface area (Å²) in [6, 6.07) is 17.4. The van der Waals surface area contributed by atoms with Crippen LogP contribution in [0.5, 0.6) is 11.5 Å². The zero-order valence-electron chi connectivity index (χ0n) is 18.4. The zero-order valence-corrected chi connectivity index (χ0v) is 19.1. The van der Waals surface area contributed by atoms with Crippen LogP contribution in [0, 0.1) is 0 Å². The third kappa shape index (κ3) is 2.88. The molecule has 32 heavy (non-hydrogen) atoms. The number of hydrogen-bond acceptors (Lipinski definition) is 5. The SMILES string of the molecule is CCNc1cc2c(cc1Cl)Oc1cc(N(CC)CC)ccc1C21OC(=O)c2ccccc21. The first-order valence-corrected chi connectivity index (χ1v) is 11.4. The fourth-order valence-electron chi connectivity index (χ4n) is 4.79. The number of carbonyl (C=O) groups excluding carboxylic acids is 1. The Morgan fingerprint density at radius 2 is 1.69 bits per heavy atom. The van der Waals surface area contributed by atoms with Crippen LogP contribution >= 0.6 is 11.6 Å². The van der Waals surface area contributed by atoms with Crippen LogP contribution in [0.1, 0.15) is 47.8 Å². The summed E-state index contributed by atoms with van der Waals surface area (Å²) in [4.78, 5) is 15.2. The maximum Gasteiger partial charge on any atom is 0.340 e. The lowest BCUT2D eigenvalue weighted by Gasteiger charge is -2.37. The van der Waals surface area contributed by atoms with Gasteiger partial charge >= 0.3 is 5.97 Å². The first-order chi connectivity index (χ1) is 15.5. The molecule has 1 unspecified atom stereocenters. The van der Waals surface area contributed by atoms with Crippen LogP contribution < -0.4 is 15.0 Å². The molecule has 3 aromatic rings. The second-order valence-corrected chi connectivity index (χ2v) is 8.34. The number of benzene rings is 3. The number of halogens is 1. The van der Waals surface area contributed by atoms with Crippen LogP contribution in [0.3, 0.4) is 0 Å². The number of fused-ring (bicyclic) bond motifs is 6. The number of rotatable bonds is 5. The maximum atomic E-state index is 13.0. The Balaban J connectivity index is 1.80. The number of ether oxygens (including phenoxy) is 2. The number of nitrogens with zero attached hydrogens (tertiary/aromatic N) is 1. The van der Waals surface area contributed by atoms with Crippen molar-refractivity contribution in [1.29, 1.82) is 0 Å². The van der Waals surface area contributed by atoms with Crippen LogP contribution in [0.15, 0.2) is 54.6 Å². The highest BCUT2D eigenvalue weighted by atomic mass is 35.5. The van der Waals surface area contributed by atoms with E-state index in [1.165, 1.54) is 0 Å². The van der Waals surface area contributed by atoms with E-state index < -0.39 is 5.60 Å². The van der Waals surface area contributed by atoms with E-state index in [1.54, 1.807) is 6.07 Å². The predicted molar refractivity (Wildman–Crippen MR) is 127 cm³/mol.